The molecule has 90 valence electrons. The molecule has 0 radical (unpaired) electrons. The van der Waals surface area contributed by atoms with Crippen LogP contribution in [0.15, 0.2) is 35.5 Å². The summed E-state index contributed by atoms with van der Waals surface area (Å²) in [5, 5.41) is 3.19. The van der Waals surface area contributed by atoms with Crippen molar-refractivity contribution in [3.8, 4) is 0 Å². The first kappa shape index (κ1) is 11.4. The number of hydrogen-bond donors (Lipinski definition) is 1. The smallest absolute Gasteiger partial charge is 0.328 e. The fraction of sp³-hybridized carbons (Fsp3) is 0.333. The van der Waals surface area contributed by atoms with Gasteiger partial charge in [0, 0.05) is 37.7 Å². The molecule has 2 aromatic heterocycles. The van der Waals surface area contributed by atoms with E-state index in [9.17, 15) is 4.79 Å². The predicted molar refractivity (Wildman–Crippen MR) is 67.2 cm³/mol. The molecule has 2 rings (SSSR count). The second-order valence-electron chi connectivity index (χ2n) is 3.86. The molecule has 17 heavy (non-hydrogen) atoms. The first-order valence-corrected chi connectivity index (χ1v) is 5.62. The van der Waals surface area contributed by atoms with Gasteiger partial charge in [0.2, 0.25) is 0 Å². The van der Waals surface area contributed by atoms with Gasteiger partial charge in [-0.05, 0) is 13.0 Å². The minimum atomic E-state index is -0.0173. The first-order chi connectivity index (χ1) is 8.22. The molecule has 0 amide bonds. The van der Waals surface area contributed by atoms with E-state index >= 15 is 0 Å². The van der Waals surface area contributed by atoms with Crippen LogP contribution in [0.4, 0.5) is 5.82 Å². The van der Waals surface area contributed by atoms with E-state index in [0.717, 1.165) is 17.9 Å². The molecule has 1 N–H and O–H groups in total. The number of hydrogen-bond acceptors (Lipinski definition) is 3. The fourth-order valence-corrected chi connectivity index (χ4v) is 1.71. The van der Waals surface area contributed by atoms with Gasteiger partial charge >= 0.3 is 5.69 Å². The molecule has 0 aliphatic heterocycles. The van der Waals surface area contributed by atoms with E-state index in [1.54, 1.807) is 34.8 Å². The van der Waals surface area contributed by atoms with E-state index in [0.29, 0.717) is 6.54 Å². The maximum atomic E-state index is 11.7. The quantitative estimate of drug-likeness (QED) is 0.857. The Kier molecular flexibility index (Phi) is 3.27. The lowest BCUT2D eigenvalue weighted by Gasteiger charge is -2.09. The van der Waals surface area contributed by atoms with Crippen LogP contribution in [0.5, 0.6) is 0 Å². The van der Waals surface area contributed by atoms with Gasteiger partial charge in [0.1, 0.15) is 5.82 Å². The average Bonchev–Trinajstić information content (AvgIpc) is 2.64. The van der Waals surface area contributed by atoms with Crippen molar-refractivity contribution in [2.24, 2.45) is 7.05 Å². The second kappa shape index (κ2) is 4.86. The highest BCUT2D eigenvalue weighted by Crippen LogP contribution is 2.11. The summed E-state index contributed by atoms with van der Waals surface area (Å²) in [6.45, 7) is 3.37. The third kappa shape index (κ3) is 2.38. The molecule has 0 spiro atoms. The molecule has 0 aliphatic rings. The number of rotatable bonds is 4. The molecular formula is C12H16N4O. The third-order valence-corrected chi connectivity index (χ3v) is 2.59. The van der Waals surface area contributed by atoms with Gasteiger partial charge in [-0.25, -0.2) is 9.78 Å². The summed E-state index contributed by atoms with van der Waals surface area (Å²) in [6, 6.07) is 3.86. The summed E-state index contributed by atoms with van der Waals surface area (Å²) >= 11 is 0. The molecule has 2 heterocycles. The molecule has 0 atom stereocenters. The van der Waals surface area contributed by atoms with Crippen LogP contribution in [0.2, 0.25) is 0 Å². The van der Waals surface area contributed by atoms with Crippen LogP contribution in [0, 0.1) is 0 Å². The maximum Gasteiger partial charge on any atom is 0.328 e. The van der Waals surface area contributed by atoms with Crippen molar-refractivity contribution in [2.75, 3.05) is 11.9 Å². The molecule has 0 saturated carbocycles. The molecule has 5 nitrogen and oxygen atoms in total. The Balaban J connectivity index is 2.29. The Morgan fingerprint density at radius 1 is 1.41 bits per heavy atom. The Bertz CT molecular complexity index is 556. The number of imidazole rings is 1. The van der Waals surface area contributed by atoms with Crippen LogP contribution in [0.25, 0.3) is 0 Å². The minimum Gasteiger partial charge on any atom is -0.370 e. The highest BCUT2D eigenvalue weighted by atomic mass is 16.1. The third-order valence-electron chi connectivity index (χ3n) is 2.59. The Morgan fingerprint density at radius 3 is 2.88 bits per heavy atom. The number of pyridine rings is 1. The first-order valence-electron chi connectivity index (χ1n) is 5.62. The summed E-state index contributed by atoms with van der Waals surface area (Å²) in [5.41, 5.74) is 0.999. The molecule has 5 heteroatoms. The van der Waals surface area contributed by atoms with Gasteiger partial charge < -0.3 is 9.88 Å². The zero-order chi connectivity index (χ0) is 12.3. The van der Waals surface area contributed by atoms with Crippen molar-refractivity contribution in [3.05, 3.63) is 46.8 Å². The van der Waals surface area contributed by atoms with Crippen LogP contribution in [0.1, 0.15) is 12.5 Å². The number of aromatic nitrogens is 3. The van der Waals surface area contributed by atoms with E-state index in [-0.39, 0.29) is 5.69 Å². The van der Waals surface area contributed by atoms with E-state index < -0.39 is 0 Å². The van der Waals surface area contributed by atoms with Gasteiger partial charge in [-0.2, -0.15) is 0 Å². The van der Waals surface area contributed by atoms with Crippen LogP contribution >= 0.6 is 0 Å². The molecule has 0 bridgehead atoms. The molecule has 0 fully saturated rings. The van der Waals surface area contributed by atoms with E-state index in [1.807, 2.05) is 19.1 Å². The largest absolute Gasteiger partial charge is 0.370 e. The van der Waals surface area contributed by atoms with E-state index in [4.69, 9.17) is 0 Å². The fourth-order valence-electron chi connectivity index (χ4n) is 1.71. The van der Waals surface area contributed by atoms with E-state index in [2.05, 4.69) is 10.3 Å². The summed E-state index contributed by atoms with van der Waals surface area (Å²) in [4.78, 5) is 16.0. The summed E-state index contributed by atoms with van der Waals surface area (Å²) < 4.78 is 3.22. The van der Waals surface area contributed by atoms with Crippen molar-refractivity contribution < 1.29 is 0 Å². The SMILES string of the molecule is CCNc1ncccc1Cn1ccn(C)c1=O. The number of nitrogens with one attached hydrogen (secondary N) is 1. The summed E-state index contributed by atoms with van der Waals surface area (Å²) in [5.74, 6) is 0.839. The van der Waals surface area contributed by atoms with Crippen molar-refractivity contribution in [1.29, 1.82) is 0 Å². The van der Waals surface area contributed by atoms with Gasteiger partial charge in [-0.3, -0.25) is 4.57 Å². The predicted octanol–water partition coefficient (Wildman–Crippen LogP) is 1.06. The van der Waals surface area contributed by atoms with Crippen molar-refractivity contribution >= 4 is 5.82 Å². The lowest BCUT2D eigenvalue weighted by molar-refractivity contribution is 0.716. The normalized spacial score (nSPS) is 10.5. The Hall–Kier alpha value is -2.04. The van der Waals surface area contributed by atoms with Gasteiger partial charge in [0.05, 0.1) is 6.54 Å². The van der Waals surface area contributed by atoms with Gasteiger partial charge in [0.25, 0.3) is 0 Å². The van der Waals surface area contributed by atoms with Crippen LogP contribution in [-0.4, -0.2) is 20.7 Å². The molecule has 2 aromatic rings. The molecule has 0 saturated heterocycles. The van der Waals surface area contributed by atoms with Crippen LogP contribution < -0.4 is 11.0 Å². The number of nitrogens with zero attached hydrogens (tertiary/aromatic N) is 3. The van der Waals surface area contributed by atoms with Crippen molar-refractivity contribution in [2.45, 2.75) is 13.5 Å². The van der Waals surface area contributed by atoms with Gasteiger partial charge in [-0.15, -0.1) is 0 Å². The summed E-state index contributed by atoms with van der Waals surface area (Å²) in [7, 11) is 1.74. The van der Waals surface area contributed by atoms with Crippen LogP contribution in [0.3, 0.4) is 0 Å². The lowest BCUT2D eigenvalue weighted by Crippen LogP contribution is -2.22. The molecular weight excluding hydrogens is 216 g/mol. The molecule has 0 unspecified atom stereocenters. The monoisotopic (exact) mass is 232 g/mol. The van der Waals surface area contributed by atoms with Crippen LogP contribution in [-0.2, 0) is 13.6 Å². The maximum absolute atomic E-state index is 11.7. The zero-order valence-electron chi connectivity index (χ0n) is 10.1. The van der Waals surface area contributed by atoms with Gasteiger partial charge in [0.15, 0.2) is 0 Å². The Labute approximate surface area is 99.7 Å². The van der Waals surface area contributed by atoms with Crippen molar-refractivity contribution in [1.82, 2.24) is 14.1 Å². The highest BCUT2D eigenvalue weighted by molar-refractivity contribution is 5.43. The Morgan fingerprint density at radius 2 is 2.24 bits per heavy atom. The number of anilines is 1. The standard InChI is InChI=1S/C12H16N4O/c1-3-13-11-10(5-4-6-14-11)9-16-8-7-15(2)12(16)17/h4-8H,3,9H2,1-2H3,(H,13,14). The molecule has 0 aliphatic carbocycles. The summed E-state index contributed by atoms with van der Waals surface area (Å²) in [6.07, 6.45) is 5.28. The highest BCUT2D eigenvalue weighted by Gasteiger charge is 2.05. The lowest BCUT2D eigenvalue weighted by atomic mass is 10.2. The minimum absolute atomic E-state index is 0.0173. The van der Waals surface area contributed by atoms with E-state index in [1.165, 1.54) is 0 Å². The zero-order valence-corrected chi connectivity index (χ0v) is 10.1. The van der Waals surface area contributed by atoms with Gasteiger partial charge in [-0.1, -0.05) is 6.07 Å². The molecule has 0 aromatic carbocycles. The topological polar surface area (TPSA) is 51.9 Å². The second-order valence-corrected chi connectivity index (χ2v) is 3.86. The average molecular weight is 232 g/mol. The number of aryl methyl sites for hydroxylation is 1. The van der Waals surface area contributed by atoms with Crippen molar-refractivity contribution in [3.63, 3.8) is 0 Å².